The van der Waals surface area contributed by atoms with Crippen LogP contribution in [-0.2, 0) is 9.53 Å². The van der Waals surface area contributed by atoms with Gasteiger partial charge >= 0.3 is 12.1 Å². The molecule has 0 aromatic carbocycles. The first-order chi connectivity index (χ1) is 8.72. The smallest absolute Gasteiger partial charge is 0.410 e. The average molecular weight is 285 g/mol. The standard InChI is InChI=1S/C13H23NO4Si/c1-13(2,3)18-12(17)14-9-19(6-4-5-7-19)8-10(14)11(15)16/h10H,4-9H2,1-3H3,(H,15,16)/t10-/m0/s1. The zero-order valence-electron chi connectivity index (χ0n) is 11.9. The average Bonchev–Trinajstić information content (AvgIpc) is 2.84. The molecular formula is C13H23NO4Si. The van der Waals surface area contributed by atoms with Crippen molar-refractivity contribution in [2.75, 3.05) is 6.17 Å². The number of hydrogen-bond donors (Lipinski definition) is 1. The zero-order chi connectivity index (χ0) is 14.3. The van der Waals surface area contributed by atoms with Crippen molar-refractivity contribution in [2.45, 2.75) is 63.4 Å². The number of carboxylic acids is 1. The Balaban J connectivity index is 2.13. The van der Waals surface area contributed by atoms with E-state index in [-0.39, 0.29) is 0 Å². The van der Waals surface area contributed by atoms with Crippen molar-refractivity contribution >= 4 is 20.1 Å². The second-order valence-corrected chi connectivity index (χ2v) is 11.6. The van der Waals surface area contributed by atoms with Crippen molar-refractivity contribution in [1.29, 1.82) is 0 Å². The van der Waals surface area contributed by atoms with Crippen LogP contribution in [0.1, 0.15) is 33.6 Å². The van der Waals surface area contributed by atoms with E-state index in [0.717, 1.165) is 12.1 Å². The van der Waals surface area contributed by atoms with Gasteiger partial charge in [-0.15, -0.1) is 0 Å². The lowest BCUT2D eigenvalue weighted by Gasteiger charge is -2.27. The van der Waals surface area contributed by atoms with Crippen LogP contribution in [0.2, 0.25) is 18.1 Å². The quantitative estimate of drug-likeness (QED) is 0.752. The maximum absolute atomic E-state index is 12.2. The Morgan fingerprint density at radius 1 is 1.26 bits per heavy atom. The van der Waals surface area contributed by atoms with E-state index >= 15 is 0 Å². The maximum Gasteiger partial charge on any atom is 0.410 e. The van der Waals surface area contributed by atoms with Gasteiger partial charge in [0.15, 0.2) is 0 Å². The van der Waals surface area contributed by atoms with Gasteiger partial charge < -0.3 is 9.84 Å². The minimum Gasteiger partial charge on any atom is -0.480 e. The van der Waals surface area contributed by atoms with Gasteiger partial charge in [0, 0.05) is 6.17 Å². The van der Waals surface area contributed by atoms with Crippen molar-refractivity contribution in [3.63, 3.8) is 0 Å². The van der Waals surface area contributed by atoms with Crippen molar-refractivity contribution in [1.82, 2.24) is 4.90 Å². The van der Waals surface area contributed by atoms with Crippen molar-refractivity contribution in [3.05, 3.63) is 0 Å². The van der Waals surface area contributed by atoms with E-state index in [9.17, 15) is 14.7 Å². The fraction of sp³-hybridized carbons (Fsp3) is 0.846. The van der Waals surface area contributed by atoms with Gasteiger partial charge in [0.2, 0.25) is 0 Å². The highest BCUT2D eigenvalue weighted by Gasteiger charge is 2.52. The molecule has 2 saturated heterocycles. The van der Waals surface area contributed by atoms with Crippen molar-refractivity contribution < 1.29 is 19.4 Å². The third-order valence-electron chi connectivity index (χ3n) is 4.09. The van der Waals surface area contributed by atoms with Gasteiger partial charge in [0.25, 0.3) is 0 Å². The van der Waals surface area contributed by atoms with Crippen LogP contribution in [0.3, 0.4) is 0 Å². The fourth-order valence-corrected chi connectivity index (χ4v) is 8.67. The first-order valence-electron chi connectivity index (χ1n) is 6.95. The fourth-order valence-electron chi connectivity index (χ4n) is 3.28. The SMILES string of the molecule is CC(C)(C)OC(=O)N1C[Si]2(CCCC2)C[C@H]1C(=O)O. The van der Waals surface area contributed by atoms with E-state index in [1.54, 1.807) is 20.8 Å². The Morgan fingerprint density at radius 2 is 1.84 bits per heavy atom. The number of hydrogen-bond acceptors (Lipinski definition) is 3. The summed E-state index contributed by atoms with van der Waals surface area (Å²) < 4.78 is 5.35. The zero-order valence-corrected chi connectivity index (χ0v) is 12.9. The predicted molar refractivity (Wildman–Crippen MR) is 73.8 cm³/mol. The molecular weight excluding hydrogens is 262 g/mol. The first-order valence-corrected chi connectivity index (χ1v) is 9.78. The molecule has 0 aromatic heterocycles. The molecule has 0 bridgehead atoms. The molecule has 1 amide bonds. The van der Waals surface area contributed by atoms with E-state index in [4.69, 9.17) is 4.74 Å². The Morgan fingerprint density at radius 3 is 2.32 bits per heavy atom. The lowest BCUT2D eigenvalue weighted by atomic mass is 10.2. The van der Waals surface area contributed by atoms with E-state index in [2.05, 4.69) is 0 Å². The summed E-state index contributed by atoms with van der Waals surface area (Å²) in [6, 6.07) is 2.37. The van der Waals surface area contributed by atoms with Gasteiger partial charge in [-0.2, -0.15) is 0 Å². The van der Waals surface area contributed by atoms with Crippen molar-refractivity contribution in [2.24, 2.45) is 0 Å². The number of ether oxygens (including phenoxy) is 1. The summed E-state index contributed by atoms with van der Waals surface area (Å²) in [7, 11) is -1.55. The van der Waals surface area contributed by atoms with Crippen LogP contribution in [0.15, 0.2) is 0 Å². The molecule has 5 nitrogen and oxygen atoms in total. The molecule has 0 radical (unpaired) electrons. The summed E-state index contributed by atoms with van der Waals surface area (Å²) in [5.41, 5.74) is -0.576. The summed E-state index contributed by atoms with van der Waals surface area (Å²) in [5, 5.41) is 9.35. The summed E-state index contributed by atoms with van der Waals surface area (Å²) >= 11 is 0. The third-order valence-corrected chi connectivity index (χ3v) is 9.18. The molecule has 19 heavy (non-hydrogen) atoms. The first kappa shape index (κ1) is 14.4. The largest absolute Gasteiger partial charge is 0.480 e. The van der Waals surface area contributed by atoms with E-state index in [0.29, 0.717) is 12.2 Å². The number of carboxylic acid groups (broad SMARTS) is 1. The van der Waals surface area contributed by atoms with E-state index < -0.39 is 31.8 Å². The molecule has 2 aliphatic rings. The second kappa shape index (κ2) is 4.81. The van der Waals surface area contributed by atoms with E-state index in [1.165, 1.54) is 17.7 Å². The van der Waals surface area contributed by atoms with Crippen LogP contribution in [-0.4, -0.2) is 48.0 Å². The van der Waals surface area contributed by atoms with Crippen LogP contribution in [0.5, 0.6) is 0 Å². The maximum atomic E-state index is 12.2. The summed E-state index contributed by atoms with van der Waals surface area (Å²) in [6.07, 6.45) is 2.59. The Kier molecular flexibility index (Phi) is 3.64. The third kappa shape index (κ3) is 3.10. The van der Waals surface area contributed by atoms with Gasteiger partial charge in [-0.1, -0.05) is 24.9 Å². The minimum atomic E-state index is -1.55. The number of amides is 1. The molecule has 2 fully saturated rings. The molecule has 6 heteroatoms. The molecule has 2 aliphatic heterocycles. The van der Waals surface area contributed by atoms with Gasteiger partial charge in [-0.25, -0.2) is 9.59 Å². The van der Waals surface area contributed by atoms with Gasteiger partial charge in [-0.05, 0) is 26.8 Å². The highest BCUT2D eigenvalue weighted by molar-refractivity contribution is 6.82. The molecule has 0 aliphatic carbocycles. The highest BCUT2D eigenvalue weighted by atomic mass is 28.3. The minimum absolute atomic E-state index is 0.462. The van der Waals surface area contributed by atoms with Crippen LogP contribution >= 0.6 is 0 Å². The molecule has 0 unspecified atom stereocenters. The molecule has 1 atom stereocenters. The molecule has 108 valence electrons. The number of carbonyl (C=O) groups is 2. The molecule has 0 aromatic rings. The summed E-state index contributed by atoms with van der Waals surface area (Å²) in [4.78, 5) is 25.1. The number of rotatable bonds is 1. The van der Waals surface area contributed by atoms with E-state index in [1.807, 2.05) is 0 Å². The topological polar surface area (TPSA) is 66.8 Å². The summed E-state index contributed by atoms with van der Waals surface area (Å²) in [5.74, 6) is -0.887. The predicted octanol–water partition coefficient (Wildman–Crippen LogP) is 2.47. The Bertz CT molecular complexity index is 385. The lowest BCUT2D eigenvalue weighted by Crippen LogP contribution is -2.44. The molecule has 0 saturated carbocycles. The molecule has 2 rings (SSSR count). The Labute approximate surface area is 114 Å². The number of nitrogens with zero attached hydrogens (tertiary/aromatic N) is 1. The normalized spacial score (nSPS) is 25.8. The Hall–Kier alpha value is -1.04. The number of carbonyl (C=O) groups excluding carboxylic acids is 1. The second-order valence-electron chi connectivity index (χ2n) is 6.87. The molecule has 1 spiro atoms. The highest BCUT2D eigenvalue weighted by Crippen LogP contribution is 2.41. The lowest BCUT2D eigenvalue weighted by molar-refractivity contribution is -0.141. The van der Waals surface area contributed by atoms with Gasteiger partial charge in [0.1, 0.15) is 11.6 Å². The van der Waals surface area contributed by atoms with Crippen LogP contribution in [0.25, 0.3) is 0 Å². The number of aliphatic carboxylic acids is 1. The summed E-state index contributed by atoms with van der Waals surface area (Å²) in [6.45, 7) is 5.42. The van der Waals surface area contributed by atoms with Crippen LogP contribution in [0, 0.1) is 0 Å². The van der Waals surface area contributed by atoms with Gasteiger partial charge in [-0.3, -0.25) is 4.90 Å². The van der Waals surface area contributed by atoms with Crippen LogP contribution in [0.4, 0.5) is 4.79 Å². The monoisotopic (exact) mass is 285 g/mol. The molecule has 2 heterocycles. The van der Waals surface area contributed by atoms with Crippen molar-refractivity contribution in [3.8, 4) is 0 Å². The molecule has 1 N–H and O–H groups in total. The van der Waals surface area contributed by atoms with Crippen LogP contribution < -0.4 is 0 Å². The van der Waals surface area contributed by atoms with Gasteiger partial charge in [0.05, 0.1) is 8.07 Å².